The van der Waals surface area contributed by atoms with Crippen LogP contribution in [-0.2, 0) is 9.05 Å². The Morgan fingerprint density at radius 2 is 2.05 bits per heavy atom. The van der Waals surface area contributed by atoms with E-state index in [0.717, 1.165) is 18.8 Å². The van der Waals surface area contributed by atoms with Crippen LogP contribution in [0.15, 0.2) is 23.1 Å². The molecule has 1 fully saturated rings. The van der Waals surface area contributed by atoms with Crippen LogP contribution in [-0.4, -0.2) is 20.9 Å². The molecular formula is C13H15Cl2NO3S. The van der Waals surface area contributed by atoms with Crippen molar-refractivity contribution in [3.8, 4) is 0 Å². The maximum absolute atomic E-state index is 12.0. The molecule has 0 radical (unpaired) electrons. The molecule has 1 saturated carbocycles. The first-order valence-corrected chi connectivity index (χ1v) is 9.09. The van der Waals surface area contributed by atoms with E-state index in [2.05, 4.69) is 5.32 Å². The minimum absolute atomic E-state index is 0.125. The van der Waals surface area contributed by atoms with Gasteiger partial charge >= 0.3 is 0 Å². The van der Waals surface area contributed by atoms with Gasteiger partial charge in [-0.1, -0.05) is 24.4 Å². The summed E-state index contributed by atoms with van der Waals surface area (Å²) in [6.45, 7) is 0.559. The van der Waals surface area contributed by atoms with Crippen LogP contribution in [0, 0.1) is 5.92 Å². The number of halogens is 2. The Labute approximate surface area is 127 Å². The molecule has 4 nitrogen and oxygen atoms in total. The molecule has 0 aromatic heterocycles. The van der Waals surface area contributed by atoms with E-state index in [1.807, 2.05) is 0 Å². The zero-order valence-electron chi connectivity index (χ0n) is 10.7. The van der Waals surface area contributed by atoms with Crippen LogP contribution in [0.25, 0.3) is 0 Å². The van der Waals surface area contributed by atoms with Crippen LogP contribution in [0.4, 0.5) is 0 Å². The highest BCUT2D eigenvalue weighted by Crippen LogP contribution is 2.33. The third-order valence-electron chi connectivity index (χ3n) is 3.24. The molecule has 110 valence electrons. The van der Waals surface area contributed by atoms with Gasteiger partial charge in [-0.15, -0.1) is 0 Å². The molecule has 1 aliphatic rings. The van der Waals surface area contributed by atoms with Crippen molar-refractivity contribution in [2.24, 2.45) is 5.92 Å². The van der Waals surface area contributed by atoms with Crippen molar-refractivity contribution in [2.45, 2.75) is 30.6 Å². The van der Waals surface area contributed by atoms with E-state index in [0.29, 0.717) is 6.54 Å². The summed E-state index contributed by atoms with van der Waals surface area (Å²) in [6.07, 6.45) is 4.61. The molecule has 0 bridgehead atoms. The minimum Gasteiger partial charge on any atom is -0.352 e. The molecule has 0 aliphatic heterocycles. The molecule has 1 N–H and O–H groups in total. The van der Waals surface area contributed by atoms with E-state index in [4.69, 9.17) is 22.3 Å². The van der Waals surface area contributed by atoms with E-state index in [1.54, 1.807) is 0 Å². The fourth-order valence-electron chi connectivity index (χ4n) is 1.92. The van der Waals surface area contributed by atoms with Gasteiger partial charge in [0.15, 0.2) is 0 Å². The number of hydrogen-bond donors (Lipinski definition) is 1. The van der Waals surface area contributed by atoms with Gasteiger partial charge < -0.3 is 5.32 Å². The second kappa shape index (κ2) is 6.33. The standard InChI is InChI=1S/C13H15Cl2NO3S/c14-12-6-5-10(20(15,18)19)8-11(12)13(17)16-7-1-2-9-3-4-9/h5-6,8-9H,1-4,7H2,(H,16,17). The molecule has 0 spiro atoms. The highest BCUT2D eigenvalue weighted by molar-refractivity contribution is 8.13. The minimum atomic E-state index is -3.87. The highest BCUT2D eigenvalue weighted by Gasteiger charge is 2.20. The molecule has 0 unspecified atom stereocenters. The average molecular weight is 336 g/mol. The first kappa shape index (κ1) is 15.6. The molecule has 7 heteroatoms. The first-order chi connectivity index (χ1) is 9.38. The Balaban J connectivity index is 2.00. The van der Waals surface area contributed by atoms with Gasteiger partial charge in [0, 0.05) is 17.2 Å². The molecule has 20 heavy (non-hydrogen) atoms. The average Bonchev–Trinajstić information content (AvgIpc) is 3.17. The monoisotopic (exact) mass is 335 g/mol. The Hall–Kier alpha value is -0.780. The molecule has 1 aromatic carbocycles. The third-order valence-corrected chi connectivity index (χ3v) is 4.92. The van der Waals surface area contributed by atoms with Crippen LogP contribution in [0.2, 0.25) is 5.02 Å². The summed E-state index contributed by atoms with van der Waals surface area (Å²) in [4.78, 5) is 11.8. The molecule has 2 rings (SSSR count). The van der Waals surface area contributed by atoms with Gasteiger partial charge in [0.2, 0.25) is 0 Å². The predicted molar refractivity (Wildman–Crippen MR) is 78.8 cm³/mol. The maximum atomic E-state index is 12.0. The van der Waals surface area contributed by atoms with Crippen molar-refractivity contribution in [3.63, 3.8) is 0 Å². The molecule has 1 aromatic rings. The van der Waals surface area contributed by atoms with Crippen molar-refractivity contribution in [1.82, 2.24) is 5.32 Å². The number of carbonyl (C=O) groups is 1. The van der Waals surface area contributed by atoms with Crippen LogP contribution >= 0.6 is 22.3 Å². The molecular weight excluding hydrogens is 321 g/mol. The second-order valence-electron chi connectivity index (χ2n) is 4.92. The molecule has 1 aliphatic carbocycles. The highest BCUT2D eigenvalue weighted by atomic mass is 35.7. The molecule has 0 heterocycles. The zero-order valence-corrected chi connectivity index (χ0v) is 13.1. The summed E-state index contributed by atoms with van der Waals surface area (Å²) in [5, 5.41) is 2.94. The van der Waals surface area contributed by atoms with Gasteiger partial charge in [-0.3, -0.25) is 4.79 Å². The number of hydrogen-bond acceptors (Lipinski definition) is 3. The van der Waals surface area contributed by atoms with Gasteiger partial charge in [0.1, 0.15) is 0 Å². The van der Waals surface area contributed by atoms with E-state index in [1.165, 1.54) is 31.0 Å². The van der Waals surface area contributed by atoms with E-state index >= 15 is 0 Å². The zero-order chi connectivity index (χ0) is 14.8. The van der Waals surface area contributed by atoms with Crippen LogP contribution in [0.3, 0.4) is 0 Å². The van der Waals surface area contributed by atoms with Gasteiger partial charge in [-0.25, -0.2) is 8.42 Å². The topological polar surface area (TPSA) is 63.2 Å². The fraction of sp³-hybridized carbons (Fsp3) is 0.462. The van der Waals surface area contributed by atoms with E-state index in [-0.39, 0.29) is 21.4 Å². The Kier molecular flexibility index (Phi) is 4.94. The first-order valence-electron chi connectivity index (χ1n) is 6.40. The van der Waals surface area contributed by atoms with Gasteiger partial charge in [0.05, 0.1) is 15.5 Å². The van der Waals surface area contributed by atoms with Gasteiger partial charge in [-0.2, -0.15) is 0 Å². The largest absolute Gasteiger partial charge is 0.352 e. The van der Waals surface area contributed by atoms with Crippen molar-refractivity contribution in [1.29, 1.82) is 0 Å². The summed E-state index contributed by atoms with van der Waals surface area (Å²) in [7, 11) is 1.38. The number of rotatable bonds is 6. The lowest BCUT2D eigenvalue weighted by Crippen LogP contribution is -2.25. The lowest BCUT2D eigenvalue weighted by molar-refractivity contribution is 0.0952. The normalized spacial score (nSPS) is 15.1. The summed E-state index contributed by atoms with van der Waals surface area (Å²) < 4.78 is 22.5. The number of nitrogens with one attached hydrogen (secondary N) is 1. The summed E-state index contributed by atoms with van der Waals surface area (Å²) in [5.41, 5.74) is 0.125. The molecule has 0 atom stereocenters. The lowest BCUT2D eigenvalue weighted by Gasteiger charge is -2.07. The van der Waals surface area contributed by atoms with Crippen molar-refractivity contribution in [3.05, 3.63) is 28.8 Å². The smallest absolute Gasteiger partial charge is 0.261 e. The lowest BCUT2D eigenvalue weighted by atomic mass is 10.2. The number of amides is 1. The Morgan fingerprint density at radius 3 is 2.65 bits per heavy atom. The molecule has 0 saturated heterocycles. The van der Waals surface area contributed by atoms with E-state index < -0.39 is 9.05 Å². The summed E-state index contributed by atoms with van der Waals surface area (Å²) >= 11 is 5.92. The summed E-state index contributed by atoms with van der Waals surface area (Å²) in [6, 6.07) is 3.82. The Bertz CT molecular complexity index is 612. The van der Waals surface area contributed by atoms with Gasteiger partial charge in [0.25, 0.3) is 15.0 Å². The van der Waals surface area contributed by atoms with Crippen molar-refractivity contribution < 1.29 is 13.2 Å². The fourth-order valence-corrected chi connectivity index (χ4v) is 2.90. The Morgan fingerprint density at radius 1 is 1.35 bits per heavy atom. The number of carbonyl (C=O) groups excluding carboxylic acids is 1. The SMILES string of the molecule is O=C(NCCCC1CC1)c1cc(S(=O)(=O)Cl)ccc1Cl. The summed E-state index contributed by atoms with van der Waals surface area (Å²) in [5.74, 6) is 0.438. The van der Waals surface area contributed by atoms with Crippen LogP contribution < -0.4 is 5.32 Å². The quantitative estimate of drug-likeness (QED) is 0.641. The molecule has 1 amide bonds. The van der Waals surface area contributed by atoms with Crippen molar-refractivity contribution >= 4 is 37.2 Å². The predicted octanol–water partition coefficient (Wildman–Crippen LogP) is 3.19. The maximum Gasteiger partial charge on any atom is 0.261 e. The number of benzene rings is 1. The third kappa shape index (κ3) is 4.36. The van der Waals surface area contributed by atoms with Crippen LogP contribution in [0.1, 0.15) is 36.0 Å². The van der Waals surface area contributed by atoms with E-state index in [9.17, 15) is 13.2 Å². The second-order valence-corrected chi connectivity index (χ2v) is 7.89. The van der Waals surface area contributed by atoms with Crippen molar-refractivity contribution in [2.75, 3.05) is 6.54 Å². The van der Waals surface area contributed by atoms with Crippen LogP contribution in [0.5, 0.6) is 0 Å². The van der Waals surface area contributed by atoms with Gasteiger partial charge in [-0.05, 0) is 37.0 Å².